The number of fused-ring (bicyclic) bond motifs is 7. The van der Waals surface area contributed by atoms with Crippen molar-refractivity contribution < 1.29 is 19.8 Å². The average Bonchev–Trinajstić information content (AvgIpc) is 3.35. The first-order valence-electron chi connectivity index (χ1n) is 10.1. The summed E-state index contributed by atoms with van der Waals surface area (Å²) in [5.41, 5.74) is -1.33. The van der Waals surface area contributed by atoms with E-state index in [0.29, 0.717) is 17.4 Å². The Morgan fingerprint density at radius 2 is 2.00 bits per heavy atom. The maximum atomic E-state index is 12.3. The van der Waals surface area contributed by atoms with Crippen molar-refractivity contribution in [2.75, 3.05) is 0 Å². The van der Waals surface area contributed by atoms with E-state index in [1.807, 2.05) is 13.0 Å². The number of allylic oxidation sites excluding steroid dienone is 4. The van der Waals surface area contributed by atoms with Gasteiger partial charge < -0.3 is 10.2 Å². The van der Waals surface area contributed by atoms with Gasteiger partial charge in [0.05, 0.1) is 6.10 Å². The monoisotopic (exact) mass is 390 g/mol. The largest absolute Gasteiger partial charge is 0.393 e. The molecule has 146 valence electrons. The third-order valence-electron chi connectivity index (χ3n) is 9.20. The molecule has 0 heterocycles. The molecule has 0 aromatic heterocycles. The predicted octanol–water partition coefficient (Wildman–Crippen LogP) is 3.01. The first-order chi connectivity index (χ1) is 12.6. The van der Waals surface area contributed by atoms with Crippen molar-refractivity contribution in [2.45, 2.75) is 58.2 Å². The highest BCUT2D eigenvalue weighted by molar-refractivity contribution is 6.32. The van der Waals surface area contributed by atoms with Crippen LogP contribution in [0.2, 0.25) is 0 Å². The number of halogens is 1. The van der Waals surface area contributed by atoms with Crippen LogP contribution in [-0.2, 0) is 9.59 Å². The van der Waals surface area contributed by atoms with Crippen LogP contribution in [0, 0.1) is 40.4 Å². The van der Waals surface area contributed by atoms with E-state index < -0.39 is 17.1 Å². The number of Topliss-reactive ketones (excluding diaryl/α,β-unsaturated/α-hetero) is 1. The molecule has 0 saturated heterocycles. The van der Waals surface area contributed by atoms with Crippen LogP contribution >= 0.6 is 11.6 Å². The second kappa shape index (κ2) is 5.14. The maximum absolute atomic E-state index is 12.3. The van der Waals surface area contributed by atoms with Crippen molar-refractivity contribution >= 4 is 23.2 Å². The minimum absolute atomic E-state index is 0.0104. The lowest BCUT2D eigenvalue weighted by molar-refractivity contribution is -0.157. The highest BCUT2D eigenvalue weighted by Crippen LogP contribution is 2.72. The van der Waals surface area contributed by atoms with Crippen LogP contribution in [0.25, 0.3) is 0 Å². The second-order valence-corrected chi connectivity index (χ2v) is 10.5. The number of aliphatic hydroxyl groups excluding tert-OH is 1. The molecule has 3 saturated carbocycles. The van der Waals surface area contributed by atoms with Crippen LogP contribution in [0.1, 0.15) is 46.5 Å². The quantitative estimate of drug-likeness (QED) is 0.721. The van der Waals surface area contributed by atoms with Crippen molar-refractivity contribution in [2.24, 2.45) is 40.4 Å². The third kappa shape index (κ3) is 1.93. The van der Waals surface area contributed by atoms with Crippen molar-refractivity contribution in [3.63, 3.8) is 0 Å². The molecule has 0 aliphatic heterocycles. The Morgan fingerprint density at radius 1 is 1.30 bits per heavy atom. The Balaban J connectivity index is 1.64. The summed E-state index contributed by atoms with van der Waals surface area (Å²) in [5, 5.41) is 22.8. The molecule has 5 aliphatic rings. The molecule has 0 aromatic carbocycles. The van der Waals surface area contributed by atoms with Crippen molar-refractivity contribution in [3.8, 4) is 0 Å². The van der Waals surface area contributed by atoms with Crippen molar-refractivity contribution in [1.29, 1.82) is 0 Å². The van der Waals surface area contributed by atoms with Gasteiger partial charge in [0, 0.05) is 34.1 Å². The molecule has 0 bridgehead atoms. The van der Waals surface area contributed by atoms with Gasteiger partial charge in [0.15, 0.2) is 11.6 Å². The number of hydrogen-bond acceptors (Lipinski definition) is 4. The highest BCUT2D eigenvalue weighted by atomic mass is 35.5. The van der Waals surface area contributed by atoms with Crippen LogP contribution in [0.3, 0.4) is 0 Å². The Kier molecular flexibility index (Phi) is 3.44. The molecule has 0 aromatic rings. The molecule has 0 radical (unpaired) electrons. The molecular weight excluding hydrogens is 364 g/mol. The molecule has 9 atom stereocenters. The van der Waals surface area contributed by atoms with E-state index in [2.05, 4.69) is 6.92 Å². The Morgan fingerprint density at radius 3 is 2.67 bits per heavy atom. The number of hydrogen-bond donors (Lipinski definition) is 2. The Bertz CT molecular complexity index is 830. The van der Waals surface area contributed by atoms with E-state index in [4.69, 9.17) is 11.6 Å². The van der Waals surface area contributed by atoms with Crippen molar-refractivity contribution in [1.82, 2.24) is 0 Å². The molecule has 5 aliphatic carbocycles. The van der Waals surface area contributed by atoms with Crippen LogP contribution < -0.4 is 0 Å². The molecular formula is C22H27ClO4. The predicted molar refractivity (Wildman–Crippen MR) is 101 cm³/mol. The molecule has 0 amide bonds. The zero-order valence-corrected chi connectivity index (χ0v) is 16.8. The van der Waals surface area contributed by atoms with Crippen LogP contribution in [0.5, 0.6) is 0 Å². The van der Waals surface area contributed by atoms with Crippen molar-refractivity contribution in [3.05, 3.63) is 22.8 Å². The van der Waals surface area contributed by atoms with Gasteiger partial charge in [-0.1, -0.05) is 31.5 Å². The molecule has 3 unspecified atom stereocenters. The number of ketones is 2. The average molecular weight is 391 g/mol. The van der Waals surface area contributed by atoms with E-state index >= 15 is 0 Å². The minimum Gasteiger partial charge on any atom is -0.393 e. The molecule has 27 heavy (non-hydrogen) atoms. The number of carbonyl (C=O) groups is 2. The fourth-order valence-corrected chi connectivity index (χ4v) is 8.02. The number of carbonyl (C=O) groups excluding carboxylic acids is 2. The zero-order valence-electron chi connectivity index (χ0n) is 16.0. The summed E-state index contributed by atoms with van der Waals surface area (Å²) in [6.45, 7) is 5.63. The summed E-state index contributed by atoms with van der Waals surface area (Å²) < 4.78 is 0. The fourth-order valence-electron chi connectivity index (χ4n) is 7.62. The molecule has 5 rings (SSSR count). The molecule has 0 spiro atoms. The summed E-state index contributed by atoms with van der Waals surface area (Å²) in [5.74, 6) is 0.477. The standard InChI is InChI=1S/C22H27ClO4/c1-10(24)22(27)9-18(26)19-12-7-16(23)15-8-17(25)11-6-14(11)21(15,3)13(12)4-5-20(19,22)2/h7-8,11-14,18-19,26-27H,4-6,9H2,1-3H3/t11?,12-,13-,14?,18-,19+,20+,21+,22?/m1/s1. The number of aliphatic hydroxyl groups is 2. The maximum Gasteiger partial charge on any atom is 0.161 e. The second-order valence-electron chi connectivity index (χ2n) is 10.1. The van der Waals surface area contributed by atoms with Gasteiger partial charge in [-0.15, -0.1) is 0 Å². The summed E-state index contributed by atoms with van der Waals surface area (Å²) in [4.78, 5) is 24.6. The van der Waals surface area contributed by atoms with Gasteiger partial charge in [0.1, 0.15) is 5.60 Å². The highest BCUT2D eigenvalue weighted by Gasteiger charge is 2.71. The molecule has 2 N–H and O–H groups in total. The summed E-state index contributed by atoms with van der Waals surface area (Å²) in [7, 11) is 0. The lowest BCUT2D eigenvalue weighted by Gasteiger charge is -2.57. The lowest BCUT2D eigenvalue weighted by atomic mass is 9.47. The van der Waals surface area contributed by atoms with Gasteiger partial charge in [-0.3, -0.25) is 9.59 Å². The van der Waals surface area contributed by atoms with E-state index in [-0.39, 0.29) is 47.1 Å². The Labute approximate surface area is 164 Å². The van der Waals surface area contributed by atoms with Crippen LogP contribution in [0.4, 0.5) is 0 Å². The Hall–Kier alpha value is -0.970. The first kappa shape index (κ1) is 18.1. The fraction of sp³-hybridized carbons (Fsp3) is 0.727. The van der Waals surface area contributed by atoms with Crippen LogP contribution in [-0.4, -0.2) is 33.5 Å². The zero-order chi connectivity index (χ0) is 19.5. The van der Waals surface area contributed by atoms with Crippen LogP contribution in [0.15, 0.2) is 22.8 Å². The first-order valence-corrected chi connectivity index (χ1v) is 10.5. The smallest absolute Gasteiger partial charge is 0.161 e. The lowest BCUT2D eigenvalue weighted by Crippen LogP contribution is -2.57. The molecule has 3 fully saturated rings. The summed E-state index contributed by atoms with van der Waals surface area (Å²) in [6.07, 6.45) is 5.62. The molecule has 4 nitrogen and oxygen atoms in total. The van der Waals surface area contributed by atoms with Gasteiger partial charge in [-0.25, -0.2) is 0 Å². The SMILES string of the molecule is CC(=O)C1(O)C[C@@H](O)[C@@H]2[C@@H]3C=C(Cl)C4=CC(=O)C5CC5[C@]4(C)[C@@H]3CC[C@@]21C. The minimum atomic E-state index is -1.48. The van der Waals surface area contributed by atoms with Gasteiger partial charge in [-0.05, 0) is 55.6 Å². The summed E-state index contributed by atoms with van der Waals surface area (Å²) >= 11 is 6.70. The van der Waals surface area contributed by atoms with E-state index in [1.165, 1.54) is 6.92 Å². The normalized spacial score (nSPS) is 55.6. The van der Waals surface area contributed by atoms with E-state index in [0.717, 1.165) is 18.4 Å². The molecule has 5 heteroatoms. The van der Waals surface area contributed by atoms with Gasteiger partial charge >= 0.3 is 0 Å². The van der Waals surface area contributed by atoms with Gasteiger partial charge in [0.2, 0.25) is 0 Å². The van der Waals surface area contributed by atoms with Gasteiger partial charge in [-0.2, -0.15) is 0 Å². The van der Waals surface area contributed by atoms with E-state index in [1.54, 1.807) is 6.08 Å². The van der Waals surface area contributed by atoms with E-state index in [9.17, 15) is 19.8 Å². The topological polar surface area (TPSA) is 74.6 Å². The number of rotatable bonds is 1. The van der Waals surface area contributed by atoms with Gasteiger partial charge in [0.25, 0.3) is 0 Å². The summed E-state index contributed by atoms with van der Waals surface area (Å²) in [6, 6.07) is 0. The third-order valence-corrected chi connectivity index (χ3v) is 9.53.